The second-order valence-electron chi connectivity index (χ2n) is 7.29. The molecule has 1 aromatic carbocycles. The Labute approximate surface area is 197 Å². The first-order valence-corrected chi connectivity index (χ1v) is 12.5. The van der Waals surface area contributed by atoms with Gasteiger partial charge in [-0.1, -0.05) is 19.9 Å². The zero-order chi connectivity index (χ0) is 23.3. The molecule has 0 radical (unpaired) electrons. The van der Waals surface area contributed by atoms with Crippen molar-refractivity contribution in [1.29, 1.82) is 0 Å². The van der Waals surface area contributed by atoms with Crippen LogP contribution in [0.4, 0.5) is 5.00 Å². The molecular weight excluding hydrogens is 444 g/mol. The van der Waals surface area contributed by atoms with Crippen LogP contribution in [0, 0.1) is 6.92 Å². The molecular formula is C24H30N2O4S2. The van der Waals surface area contributed by atoms with Gasteiger partial charge in [-0.25, -0.2) is 4.79 Å². The maximum absolute atomic E-state index is 12.8. The van der Waals surface area contributed by atoms with Crippen LogP contribution in [0.25, 0.3) is 21.2 Å². The number of hydrogen-bond acceptors (Lipinski definition) is 7. The van der Waals surface area contributed by atoms with Crippen LogP contribution in [0.3, 0.4) is 0 Å². The molecule has 0 fully saturated rings. The van der Waals surface area contributed by atoms with Gasteiger partial charge in [-0.15, -0.1) is 22.7 Å². The van der Waals surface area contributed by atoms with Crippen molar-refractivity contribution in [2.75, 3.05) is 38.2 Å². The van der Waals surface area contributed by atoms with Crippen LogP contribution in [-0.2, 0) is 9.53 Å². The first kappa shape index (κ1) is 24.2. The lowest BCUT2D eigenvalue weighted by atomic mass is 10.0. The van der Waals surface area contributed by atoms with Gasteiger partial charge >= 0.3 is 5.97 Å². The number of anilines is 1. The molecule has 0 aliphatic carbocycles. The quantitative estimate of drug-likeness (QED) is 0.377. The highest BCUT2D eigenvalue weighted by molar-refractivity contribution is 7.24. The Morgan fingerprint density at radius 3 is 2.44 bits per heavy atom. The van der Waals surface area contributed by atoms with Crippen LogP contribution in [0.2, 0.25) is 0 Å². The second kappa shape index (κ2) is 10.9. The van der Waals surface area contributed by atoms with Crippen molar-refractivity contribution in [3.8, 4) is 16.9 Å². The van der Waals surface area contributed by atoms with Gasteiger partial charge in [-0.3, -0.25) is 4.79 Å². The number of aryl methyl sites for hydroxylation is 1. The summed E-state index contributed by atoms with van der Waals surface area (Å²) in [7, 11) is 0. The second-order valence-corrected chi connectivity index (χ2v) is 9.43. The molecule has 0 saturated carbocycles. The molecule has 0 atom stereocenters. The number of thiophene rings is 2. The lowest BCUT2D eigenvalue weighted by Crippen LogP contribution is -2.28. The van der Waals surface area contributed by atoms with E-state index in [9.17, 15) is 9.59 Å². The summed E-state index contributed by atoms with van der Waals surface area (Å²) in [6, 6.07) is 6.01. The standard InChI is InChI=1S/C24H30N2O4S2/c1-6-26(7-2)12-13-30-21-18(17-11-14-31-15(17)4)9-10-19-20(24(28)29-8-3)23(25-16(5)27)32-22(19)21/h9-11,14H,6-8,12-13H2,1-5H3,(H,25,27). The zero-order valence-electron chi connectivity index (χ0n) is 19.2. The summed E-state index contributed by atoms with van der Waals surface area (Å²) in [4.78, 5) is 28.1. The highest BCUT2D eigenvalue weighted by atomic mass is 32.1. The lowest BCUT2D eigenvalue weighted by molar-refractivity contribution is -0.114. The smallest absolute Gasteiger partial charge is 0.341 e. The SMILES string of the molecule is CCOC(=O)c1c(NC(C)=O)sc2c(OCCN(CC)CC)c(-c3ccsc3C)ccc12. The first-order valence-electron chi connectivity index (χ1n) is 10.8. The third-order valence-electron chi connectivity index (χ3n) is 5.28. The van der Waals surface area contributed by atoms with E-state index >= 15 is 0 Å². The third kappa shape index (κ3) is 5.14. The van der Waals surface area contributed by atoms with E-state index in [1.54, 1.807) is 18.3 Å². The van der Waals surface area contributed by atoms with Crippen LogP contribution < -0.4 is 10.1 Å². The Bertz CT molecular complexity index is 1100. The number of esters is 1. The summed E-state index contributed by atoms with van der Waals surface area (Å²) < 4.78 is 12.5. The van der Waals surface area contributed by atoms with Crippen LogP contribution >= 0.6 is 22.7 Å². The average Bonchev–Trinajstić information content (AvgIpc) is 3.34. The summed E-state index contributed by atoms with van der Waals surface area (Å²) in [6.07, 6.45) is 0. The van der Waals surface area contributed by atoms with E-state index in [2.05, 4.69) is 42.4 Å². The molecule has 32 heavy (non-hydrogen) atoms. The summed E-state index contributed by atoms with van der Waals surface area (Å²) in [5.74, 6) is 0.0550. The molecule has 6 nitrogen and oxygen atoms in total. The van der Waals surface area contributed by atoms with Crippen molar-refractivity contribution < 1.29 is 19.1 Å². The number of nitrogens with one attached hydrogen (secondary N) is 1. The number of nitrogens with zero attached hydrogens (tertiary/aromatic N) is 1. The van der Waals surface area contributed by atoms with Gasteiger partial charge in [-0.05, 0) is 50.0 Å². The van der Waals surface area contributed by atoms with Crippen LogP contribution in [0.5, 0.6) is 5.75 Å². The Morgan fingerprint density at radius 1 is 1.09 bits per heavy atom. The maximum atomic E-state index is 12.8. The topological polar surface area (TPSA) is 67.9 Å². The Hall–Kier alpha value is -2.42. The summed E-state index contributed by atoms with van der Waals surface area (Å²) in [6.45, 7) is 13.1. The number of fused-ring (bicyclic) bond motifs is 1. The van der Waals surface area contributed by atoms with E-state index in [1.165, 1.54) is 23.1 Å². The monoisotopic (exact) mass is 474 g/mol. The van der Waals surface area contributed by atoms with Crippen molar-refractivity contribution in [2.45, 2.75) is 34.6 Å². The molecule has 0 unspecified atom stereocenters. The molecule has 2 heterocycles. The van der Waals surface area contributed by atoms with Crippen molar-refractivity contribution >= 4 is 49.6 Å². The van der Waals surface area contributed by atoms with E-state index in [4.69, 9.17) is 9.47 Å². The minimum absolute atomic E-state index is 0.236. The summed E-state index contributed by atoms with van der Waals surface area (Å²) in [5.41, 5.74) is 2.48. The Kier molecular flexibility index (Phi) is 8.28. The van der Waals surface area contributed by atoms with Crippen LogP contribution in [0.1, 0.15) is 42.9 Å². The van der Waals surface area contributed by atoms with Crippen molar-refractivity contribution in [2.24, 2.45) is 0 Å². The lowest BCUT2D eigenvalue weighted by Gasteiger charge is -2.19. The third-order valence-corrected chi connectivity index (χ3v) is 7.24. The number of ether oxygens (including phenoxy) is 2. The number of carbonyl (C=O) groups is 2. The first-order chi connectivity index (χ1) is 15.4. The minimum atomic E-state index is -0.448. The number of benzene rings is 1. The normalized spacial score (nSPS) is 11.2. The highest BCUT2D eigenvalue weighted by Crippen LogP contribution is 2.47. The molecule has 172 valence electrons. The molecule has 0 bridgehead atoms. The maximum Gasteiger partial charge on any atom is 0.341 e. The Balaban J connectivity index is 2.16. The summed E-state index contributed by atoms with van der Waals surface area (Å²) in [5, 5.41) is 6.08. The van der Waals surface area contributed by atoms with E-state index in [1.807, 2.05) is 12.1 Å². The van der Waals surface area contributed by atoms with Crippen LogP contribution in [0.15, 0.2) is 23.6 Å². The van der Waals surface area contributed by atoms with Crippen LogP contribution in [-0.4, -0.2) is 49.6 Å². The zero-order valence-corrected chi connectivity index (χ0v) is 20.9. The predicted molar refractivity (Wildman–Crippen MR) is 133 cm³/mol. The predicted octanol–water partition coefficient (Wildman–Crippen LogP) is 5.79. The Morgan fingerprint density at radius 2 is 1.84 bits per heavy atom. The van der Waals surface area contributed by atoms with Gasteiger partial charge in [0.2, 0.25) is 5.91 Å². The molecule has 1 N–H and O–H groups in total. The van der Waals surface area contributed by atoms with Gasteiger partial charge in [0.1, 0.15) is 22.9 Å². The molecule has 1 amide bonds. The summed E-state index contributed by atoms with van der Waals surface area (Å²) >= 11 is 3.04. The van der Waals surface area contributed by atoms with E-state index < -0.39 is 5.97 Å². The molecule has 0 saturated heterocycles. The molecule has 0 aliphatic rings. The van der Waals surface area contributed by atoms with Crippen molar-refractivity contribution in [1.82, 2.24) is 4.90 Å². The number of likely N-dealkylation sites (N-methyl/N-ethyl adjacent to an activating group) is 1. The van der Waals surface area contributed by atoms with Gasteiger partial charge in [0.25, 0.3) is 0 Å². The fraction of sp³-hybridized carbons (Fsp3) is 0.417. The molecule has 8 heteroatoms. The van der Waals surface area contributed by atoms with E-state index in [0.29, 0.717) is 17.2 Å². The number of hydrogen-bond donors (Lipinski definition) is 1. The van der Waals surface area contributed by atoms with Gasteiger partial charge < -0.3 is 19.7 Å². The average molecular weight is 475 g/mol. The highest BCUT2D eigenvalue weighted by Gasteiger charge is 2.25. The van der Waals surface area contributed by atoms with Gasteiger partial charge in [0.15, 0.2) is 0 Å². The van der Waals surface area contributed by atoms with Gasteiger partial charge in [0.05, 0.1) is 11.3 Å². The molecule has 3 rings (SSSR count). The van der Waals surface area contributed by atoms with E-state index in [0.717, 1.165) is 46.6 Å². The fourth-order valence-corrected chi connectivity index (χ4v) is 5.58. The molecule has 3 aromatic rings. The van der Waals surface area contributed by atoms with Gasteiger partial charge in [-0.2, -0.15) is 0 Å². The van der Waals surface area contributed by atoms with E-state index in [-0.39, 0.29) is 12.5 Å². The van der Waals surface area contributed by atoms with Crippen molar-refractivity contribution in [3.63, 3.8) is 0 Å². The molecule has 2 aromatic heterocycles. The number of amides is 1. The number of rotatable bonds is 10. The molecule has 0 spiro atoms. The fourth-order valence-electron chi connectivity index (χ4n) is 3.63. The minimum Gasteiger partial charge on any atom is -0.490 e. The van der Waals surface area contributed by atoms with Gasteiger partial charge in [0, 0.05) is 29.3 Å². The number of carbonyl (C=O) groups excluding carboxylic acids is 2. The molecule has 0 aliphatic heterocycles. The largest absolute Gasteiger partial charge is 0.490 e. The van der Waals surface area contributed by atoms with Crippen molar-refractivity contribution in [3.05, 3.63) is 34.0 Å².